The zero-order valence-electron chi connectivity index (χ0n) is 29.3. The smallest absolute Gasteiger partial charge is 0.0540 e. The van der Waals surface area contributed by atoms with Crippen LogP contribution in [0.1, 0.15) is 30.5 Å². The first-order valence-electron chi connectivity index (χ1n) is 17.8. The van der Waals surface area contributed by atoms with Gasteiger partial charge in [-0.1, -0.05) is 159 Å². The fourth-order valence-electron chi connectivity index (χ4n) is 7.98. The molecule has 1 heteroatoms. The Balaban J connectivity index is 1.06. The molecule has 51 heavy (non-hydrogen) atoms. The summed E-state index contributed by atoms with van der Waals surface area (Å²) in [7, 11) is 0. The highest BCUT2D eigenvalue weighted by Gasteiger charge is 2.36. The lowest BCUT2D eigenvalue weighted by molar-refractivity contribution is 0.660. The molecular formula is C50H39N. The van der Waals surface area contributed by atoms with E-state index < -0.39 is 0 Å². The molecule has 8 aromatic rings. The molecule has 0 heterocycles. The fourth-order valence-corrected chi connectivity index (χ4v) is 7.98. The van der Waals surface area contributed by atoms with Crippen LogP contribution in [0.3, 0.4) is 0 Å². The summed E-state index contributed by atoms with van der Waals surface area (Å²) in [5.74, 6) is 0. The molecule has 9 rings (SSSR count). The van der Waals surface area contributed by atoms with Gasteiger partial charge in [0.25, 0.3) is 0 Å². The van der Waals surface area contributed by atoms with Crippen molar-refractivity contribution in [2.75, 3.05) is 4.90 Å². The first-order valence-corrected chi connectivity index (χ1v) is 17.8. The van der Waals surface area contributed by atoms with Crippen molar-refractivity contribution in [3.05, 3.63) is 199 Å². The predicted molar refractivity (Wildman–Crippen MR) is 217 cm³/mol. The first-order chi connectivity index (χ1) is 24.9. The molecule has 8 aromatic carbocycles. The van der Waals surface area contributed by atoms with Crippen molar-refractivity contribution in [2.45, 2.75) is 26.2 Å². The van der Waals surface area contributed by atoms with Crippen LogP contribution in [-0.4, -0.2) is 0 Å². The van der Waals surface area contributed by atoms with Gasteiger partial charge in [0.1, 0.15) is 0 Å². The van der Waals surface area contributed by atoms with Gasteiger partial charge in [-0.2, -0.15) is 0 Å². The van der Waals surface area contributed by atoms with Gasteiger partial charge < -0.3 is 4.90 Å². The molecule has 0 saturated heterocycles. The zero-order chi connectivity index (χ0) is 34.5. The van der Waals surface area contributed by atoms with Crippen LogP contribution in [0.2, 0.25) is 0 Å². The van der Waals surface area contributed by atoms with Crippen molar-refractivity contribution < 1.29 is 0 Å². The van der Waals surface area contributed by atoms with Crippen molar-refractivity contribution in [1.29, 1.82) is 0 Å². The highest BCUT2D eigenvalue weighted by molar-refractivity contribution is 5.99. The second-order valence-electron chi connectivity index (χ2n) is 14.3. The average molecular weight is 654 g/mol. The summed E-state index contributed by atoms with van der Waals surface area (Å²) >= 11 is 0. The Morgan fingerprint density at radius 1 is 0.392 bits per heavy atom. The molecular weight excluding hydrogens is 615 g/mol. The van der Waals surface area contributed by atoms with Gasteiger partial charge in [0.2, 0.25) is 0 Å². The number of fused-ring (bicyclic) bond motifs is 4. The summed E-state index contributed by atoms with van der Waals surface area (Å²) in [5, 5.41) is 2.48. The molecule has 0 atom stereocenters. The van der Waals surface area contributed by atoms with E-state index in [1.165, 1.54) is 83.3 Å². The normalized spacial score (nSPS) is 12.8. The summed E-state index contributed by atoms with van der Waals surface area (Å²) in [6, 6.07) is 66.7. The number of anilines is 3. The van der Waals surface area contributed by atoms with E-state index in [1.54, 1.807) is 0 Å². The van der Waals surface area contributed by atoms with Gasteiger partial charge in [0.15, 0.2) is 0 Å². The maximum atomic E-state index is 2.43. The Morgan fingerprint density at radius 2 is 0.902 bits per heavy atom. The van der Waals surface area contributed by atoms with Gasteiger partial charge in [-0.3, -0.25) is 0 Å². The van der Waals surface area contributed by atoms with E-state index in [0.717, 1.165) is 5.69 Å². The third-order valence-corrected chi connectivity index (χ3v) is 10.7. The lowest BCUT2D eigenvalue weighted by Gasteiger charge is -2.29. The standard InChI is InChI=1S/C50H39N/c1-34-11-9-16-42(31-34)51(49-18-10-15-40-14-7-8-17-44(40)49)43-28-30-46-45-29-27-41(32-47(45)50(2,3)48(46)33-43)39-25-23-38(24-26-39)37-21-19-36(20-22-37)35-12-5-4-6-13-35/h4-33H,1-3H3. The van der Waals surface area contributed by atoms with Crippen LogP contribution in [0.15, 0.2) is 182 Å². The van der Waals surface area contributed by atoms with Crippen LogP contribution in [0.5, 0.6) is 0 Å². The number of nitrogens with zero attached hydrogens (tertiary/aromatic N) is 1. The molecule has 1 aliphatic carbocycles. The molecule has 1 aliphatic rings. The summed E-state index contributed by atoms with van der Waals surface area (Å²) < 4.78 is 0. The van der Waals surface area contributed by atoms with Gasteiger partial charge >= 0.3 is 0 Å². The number of benzene rings is 8. The number of hydrogen-bond donors (Lipinski definition) is 0. The topological polar surface area (TPSA) is 3.24 Å². The van der Waals surface area contributed by atoms with E-state index in [0.29, 0.717) is 0 Å². The molecule has 0 spiro atoms. The second-order valence-corrected chi connectivity index (χ2v) is 14.3. The SMILES string of the molecule is Cc1cccc(N(c2ccc3c(c2)C(C)(C)c2cc(-c4ccc(-c5ccc(-c6ccccc6)cc5)cc4)ccc2-3)c2cccc3ccccc23)c1. The molecule has 1 nitrogen and oxygen atoms in total. The van der Waals surface area contributed by atoms with Crippen LogP contribution < -0.4 is 4.90 Å². The Kier molecular flexibility index (Phi) is 7.44. The fraction of sp³-hybridized carbons (Fsp3) is 0.0800. The maximum Gasteiger partial charge on any atom is 0.0540 e. The number of aryl methyl sites for hydroxylation is 1. The molecule has 0 unspecified atom stereocenters. The lowest BCUT2D eigenvalue weighted by Crippen LogP contribution is -2.17. The Bertz CT molecular complexity index is 2540. The monoisotopic (exact) mass is 653 g/mol. The summed E-state index contributed by atoms with van der Waals surface area (Å²) in [6.07, 6.45) is 0. The highest BCUT2D eigenvalue weighted by atomic mass is 15.1. The van der Waals surface area contributed by atoms with Crippen molar-refractivity contribution >= 4 is 27.8 Å². The number of hydrogen-bond acceptors (Lipinski definition) is 1. The molecule has 0 aliphatic heterocycles. The molecule has 0 saturated carbocycles. The molecule has 244 valence electrons. The zero-order valence-corrected chi connectivity index (χ0v) is 29.3. The lowest BCUT2D eigenvalue weighted by atomic mass is 9.81. The Labute approximate surface area is 301 Å². The van der Waals surface area contributed by atoms with Crippen molar-refractivity contribution in [3.8, 4) is 44.5 Å². The van der Waals surface area contributed by atoms with Gasteiger partial charge in [-0.15, -0.1) is 0 Å². The summed E-state index contributed by atoms with van der Waals surface area (Å²) in [5.41, 5.74) is 17.4. The van der Waals surface area contributed by atoms with Gasteiger partial charge in [0.05, 0.1) is 5.69 Å². The van der Waals surface area contributed by atoms with E-state index in [-0.39, 0.29) is 5.41 Å². The van der Waals surface area contributed by atoms with Gasteiger partial charge in [-0.25, -0.2) is 0 Å². The highest BCUT2D eigenvalue weighted by Crippen LogP contribution is 2.52. The molecule has 0 fully saturated rings. The minimum Gasteiger partial charge on any atom is -0.310 e. The van der Waals surface area contributed by atoms with E-state index in [4.69, 9.17) is 0 Å². The maximum absolute atomic E-state index is 2.43. The van der Waals surface area contributed by atoms with Crippen LogP contribution >= 0.6 is 0 Å². The number of rotatable bonds is 6. The predicted octanol–water partition coefficient (Wildman–Crippen LogP) is 13.9. The Morgan fingerprint density at radius 3 is 1.59 bits per heavy atom. The third kappa shape index (κ3) is 5.43. The first kappa shape index (κ1) is 30.8. The van der Waals surface area contributed by atoms with Crippen LogP contribution in [-0.2, 0) is 5.41 Å². The van der Waals surface area contributed by atoms with Crippen molar-refractivity contribution in [1.82, 2.24) is 0 Å². The van der Waals surface area contributed by atoms with E-state index in [2.05, 4.69) is 208 Å². The van der Waals surface area contributed by atoms with E-state index in [9.17, 15) is 0 Å². The van der Waals surface area contributed by atoms with Gasteiger partial charge in [0, 0.05) is 22.2 Å². The summed E-state index contributed by atoms with van der Waals surface area (Å²) in [4.78, 5) is 2.43. The van der Waals surface area contributed by atoms with E-state index in [1.807, 2.05) is 0 Å². The Hall–Kier alpha value is -6.18. The quantitative estimate of drug-likeness (QED) is 0.173. The van der Waals surface area contributed by atoms with Crippen LogP contribution in [0.25, 0.3) is 55.3 Å². The second kappa shape index (κ2) is 12.3. The molecule has 0 aromatic heterocycles. The van der Waals surface area contributed by atoms with Crippen LogP contribution in [0.4, 0.5) is 17.1 Å². The average Bonchev–Trinajstić information content (AvgIpc) is 3.40. The summed E-state index contributed by atoms with van der Waals surface area (Å²) in [6.45, 7) is 6.92. The molecule has 0 amide bonds. The third-order valence-electron chi connectivity index (χ3n) is 10.7. The minimum atomic E-state index is -0.159. The van der Waals surface area contributed by atoms with Gasteiger partial charge in [-0.05, 0) is 110 Å². The van der Waals surface area contributed by atoms with Crippen molar-refractivity contribution in [3.63, 3.8) is 0 Å². The minimum absolute atomic E-state index is 0.159. The largest absolute Gasteiger partial charge is 0.310 e. The van der Waals surface area contributed by atoms with E-state index >= 15 is 0 Å². The molecule has 0 bridgehead atoms. The van der Waals surface area contributed by atoms with Crippen LogP contribution in [0, 0.1) is 6.92 Å². The molecule has 0 radical (unpaired) electrons. The van der Waals surface area contributed by atoms with Crippen molar-refractivity contribution in [2.24, 2.45) is 0 Å². The molecule has 0 N–H and O–H groups in total.